The Hall–Kier alpha value is -4.02. The van der Waals surface area contributed by atoms with Crippen LogP contribution in [0.25, 0.3) is 22.3 Å². The minimum Gasteiger partial charge on any atom is -0.397 e. The summed E-state index contributed by atoms with van der Waals surface area (Å²) in [6.07, 6.45) is 0. The quantitative estimate of drug-likeness (QED) is 0.253. The van der Waals surface area contributed by atoms with Crippen molar-refractivity contribution >= 4 is 39.7 Å². The number of hydrogen-bond acceptors (Lipinski definition) is 4. The van der Waals surface area contributed by atoms with Gasteiger partial charge < -0.3 is 5.73 Å². The molecule has 0 atom stereocenters. The maximum absolute atomic E-state index is 6.22. The van der Waals surface area contributed by atoms with Gasteiger partial charge in [-0.1, -0.05) is 78.3 Å². The molecule has 0 radical (unpaired) electrons. The Morgan fingerprint density at radius 1 is 0.688 bits per heavy atom. The van der Waals surface area contributed by atoms with Gasteiger partial charge in [-0.3, -0.25) is 0 Å². The van der Waals surface area contributed by atoms with Gasteiger partial charge in [0.25, 0.3) is 0 Å². The normalized spacial score (nSPS) is 11.6. The number of nitrogens with two attached hydrogens (primary N) is 1. The first-order valence-corrected chi connectivity index (χ1v) is 10.6. The molecule has 0 amide bonds. The van der Waals surface area contributed by atoms with E-state index in [0.717, 1.165) is 27.9 Å². The molecule has 0 spiro atoms. The van der Waals surface area contributed by atoms with Crippen molar-refractivity contribution in [1.82, 2.24) is 9.97 Å². The molecule has 5 rings (SSSR count). The molecule has 32 heavy (non-hydrogen) atoms. The van der Waals surface area contributed by atoms with Crippen LogP contribution in [-0.2, 0) is 0 Å². The number of halogens is 1. The third-order valence-corrected chi connectivity index (χ3v) is 5.38. The lowest BCUT2D eigenvalue weighted by atomic mass is 10.0. The number of nitrogen functional groups attached to an aromatic ring is 1. The van der Waals surface area contributed by atoms with Crippen molar-refractivity contribution < 1.29 is 0 Å². The van der Waals surface area contributed by atoms with Crippen molar-refractivity contribution in [2.45, 2.75) is 0 Å². The molecule has 0 fully saturated rings. The summed E-state index contributed by atoms with van der Waals surface area (Å²) >= 11 is 6.14. The molecule has 1 aromatic heterocycles. The molecule has 5 aromatic rings. The molecule has 4 aromatic carbocycles. The predicted octanol–water partition coefficient (Wildman–Crippen LogP) is 6.70. The van der Waals surface area contributed by atoms with Gasteiger partial charge in [-0.15, -0.1) is 0 Å². The summed E-state index contributed by atoms with van der Waals surface area (Å²) in [4.78, 5) is 14.9. The number of nitrogens with zero attached hydrogens (tertiary/aromatic N) is 3. The van der Waals surface area contributed by atoms with Crippen molar-refractivity contribution in [1.29, 1.82) is 0 Å². The topological polar surface area (TPSA) is 64.2 Å². The molecule has 1 heterocycles. The van der Waals surface area contributed by atoms with E-state index in [-0.39, 0.29) is 0 Å². The van der Waals surface area contributed by atoms with Crippen LogP contribution < -0.4 is 5.73 Å². The van der Waals surface area contributed by atoms with Gasteiger partial charge in [-0.2, -0.15) is 0 Å². The molecule has 2 N–H and O–H groups in total. The Labute approximate surface area is 191 Å². The number of aliphatic imine (C=N–C) groups is 1. The first-order valence-electron chi connectivity index (χ1n) is 10.2. The lowest BCUT2D eigenvalue weighted by molar-refractivity contribution is 1.26. The van der Waals surface area contributed by atoms with E-state index in [4.69, 9.17) is 32.3 Å². The lowest BCUT2D eigenvalue weighted by Gasteiger charge is -2.14. The van der Waals surface area contributed by atoms with Crippen LogP contribution >= 0.6 is 11.6 Å². The van der Waals surface area contributed by atoms with Crippen LogP contribution in [-0.4, -0.2) is 15.7 Å². The zero-order chi connectivity index (χ0) is 21.9. The standard InChI is InChI=1S/C27H19ClN4/c28-20-16-14-19(15-17-20)26-27(32-24-13-7-6-12-23(24)31-26)25(18-8-2-1-3-9-18)30-22-11-5-4-10-21(22)29/h1-17H,29H2. The fourth-order valence-electron chi connectivity index (χ4n) is 3.53. The van der Waals surface area contributed by atoms with E-state index in [0.29, 0.717) is 27.8 Å². The number of para-hydroxylation sites is 4. The van der Waals surface area contributed by atoms with E-state index in [1.54, 1.807) is 0 Å². The van der Waals surface area contributed by atoms with Crippen molar-refractivity contribution in [2.75, 3.05) is 5.73 Å². The zero-order valence-corrected chi connectivity index (χ0v) is 17.9. The van der Waals surface area contributed by atoms with Gasteiger partial charge in [-0.05, 0) is 36.4 Å². The Balaban J connectivity index is 1.83. The van der Waals surface area contributed by atoms with Gasteiger partial charge in [0.1, 0.15) is 5.69 Å². The summed E-state index contributed by atoms with van der Waals surface area (Å²) in [5, 5.41) is 0.665. The summed E-state index contributed by atoms with van der Waals surface area (Å²) < 4.78 is 0. The van der Waals surface area contributed by atoms with Crippen LogP contribution in [0, 0.1) is 0 Å². The van der Waals surface area contributed by atoms with Crippen molar-refractivity contribution in [3.63, 3.8) is 0 Å². The zero-order valence-electron chi connectivity index (χ0n) is 17.1. The van der Waals surface area contributed by atoms with Crippen LogP contribution in [0.5, 0.6) is 0 Å². The number of anilines is 1. The minimum atomic E-state index is 0.600. The largest absolute Gasteiger partial charge is 0.397 e. The number of rotatable bonds is 4. The van der Waals surface area contributed by atoms with E-state index in [9.17, 15) is 0 Å². The molecule has 0 saturated heterocycles. The van der Waals surface area contributed by atoms with Gasteiger partial charge in [0.15, 0.2) is 0 Å². The van der Waals surface area contributed by atoms with Gasteiger partial charge in [0, 0.05) is 16.1 Å². The van der Waals surface area contributed by atoms with Crippen LogP contribution in [0.15, 0.2) is 108 Å². The molecule has 154 valence electrons. The summed E-state index contributed by atoms with van der Waals surface area (Å²) in [5.41, 5.74) is 13.1. The molecule has 5 heteroatoms. The van der Waals surface area contributed by atoms with E-state index in [1.165, 1.54) is 0 Å². The highest BCUT2D eigenvalue weighted by Gasteiger charge is 2.18. The Morgan fingerprint density at radius 2 is 1.31 bits per heavy atom. The van der Waals surface area contributed by atoms with Gasteiger partial charge in [-0.25, -0.2) is 15.0 Å². The van der Waals surface area contributed by atoms with Crippen LogP contribution in [0.4, 0.5) is 11.4 Å². The third kappa shape index (κ3) is 3.96. The molecule has 0 aliphatic rings. The number of hydrogen-bond donors (Lipinski definition) is 1. The first-order chi connectivity index (χ1) is 15.7. The van der Waals surface area contributed by atoms with Crippen LogP contribution in [0.2, 0.25) is 5.02 Å². The van der Waals surface area contributed by atoms with E-state index >= 15 is 0 Å². The van der Waals surface area contributed by atoms with E-state index in [2.05, 4.69) is 0 Å². The molecule has 0 aliphatic carbocycles. The number of benzene rings is 4. The SMILES string of the molecule is Nc1ccccc1N=C(c1ccccc1)c1nc2ccccc2nc1-c1ccc(Cl)cc1. The molecule has 0 unspecified atom stereocenters. The molecule has 0 aliphatic heterocycles. The smallest absolute Gasteiger partial charge is 0.116 e. The molecule has 4 nitrogen and oxygen atoms in total. The molecule has 0 bridgehead atoms. The molecule has 0 saturated carbocycles. The average Bonchev–Trinajstić information content (AvgIpc) is 2.84. The summed E-state index contributed by atoms with van der Waals surface area (Å²) in [6, 6.07) is 33.0. The highest BCUT2D eigenvalue weighted by molar-refractivity contribution is 6.30. The highest BCUT2D eigenvalue weighted by atomic mass is 35.5. The van der Waals surface area contributed by atoms with E-state index < -0.39 is 0 Å². The second-order valence-electron chi connectivity index (χ2n) is 7.30. The van der Waals surface area contributed by atoms with Gasteiger partial charge in [0.2, 0.25) is 0 Å². The Morgan fingerprint density at radius 3 is 2.03 bits per heavy atom. The first kappa shape index (κ1) is 19.9. The van der Waals surface area contributed by atoms with E-state index in [1.807, 2.05) is 103 Å². The average molecular weight is 435 g/mol. The van der Waals surface area contributed by atoms with Crippen LogP contribution in [0.1, 0.15) is 11.3 Å². The van der Waals surface area contributed by atoms with Crippen molar-refractivity contribution in [3.8, 4) is 11.3 Å². The summed E-state index contributed by atoms with van der Waals surface area (Å²) in [5.74, 6) is 0. The molecular weight excluding hydrogens is 416 g/mol. The lowest BCUT2D eigenvalue weighted by Crippen LogP contribution is -2.10. The fourth-order valence-corrected chi connectivity index (χ4v) is 3.66. The van der Waals surface area contributed by atoms with Gasteiger partial charge in [0.05, 0.1) is 33.8 Å². The van der Waals surface area contributed by atoms with Crippen molar-refractivity contribution in [3.05, 3.63) is 119 Å². The Kier molecular flexibility index (Phi) is 5.36. The number of aromatic nitrogens is 2. The second-order valence-corrected chi connectivity index (χ2v) is 7.74. The third-order valence-electron chi connectivity index (χ3n) is 5.13. The monoisotopic (exact) mass is 434 g/mol. The number of fused-ring (bicyclic) bond motifs is 1. The fraction of sp³-hybridized carbons (Fsp3) is 0. The summed E-state index contributed by atoms with van der Waals surface area (Å²) in [7, 11) is 0. The maximum Gasteiger partial charge on any atom is 0.116 e. The van der Waals surface area contributed by atoms with Gasteiger partial charge >= 0.3 is 0 Å². The molecular formula is C27H19ClN4. The maximum atomic E-state index is 6.22. The highest BCUT2D eigenvalue weighted by Crippen LogP contribution is 2.29. The Bertz CT molecular complexity index is 1430. The second kappa shape index (κ2) is 8.61. The summed E-state index contributed by atoms with van der Waals surface area (Å²) in [6.45, 7) is 0. The minimum absolute atomic E-state index is 0.600. The predicted molar refractivity (Wildman–Crippen MR) is 133 cm³/mol. The van der Waals surface area contributed by atoms with Crippen LogP contribution in [0.3, 0.4) is 0 Å². The van der Waals surface area contributed by atoms with Crippen molar-refractivity contribution in [2.24, 2.45) is 4.99 Å².